The van der Waals surface area contributed by atoms with Crippen LogP contribution in [-0.2, 0) is 11.2 Å². The van der Waals surface area contributed by atoms with Gasteiger partial charge in [0.25, 0.3) is 0 Å². The summed E-state index contributed by atoms with van der Waals surface area (Å²) >= 11 is 0. The molecule has 0 fully saturated rings. The van der Waals surface area contributed by atoms with Crippen molar-refractivity contribution in [2.45, 2.75) is 20.3 Å². The van der Waals surface area contributed by atoms with E-state index in [9.17, 15) is 9.59 Å². The predicted molar refractivity (Wildman–Crippen MR) is 91.7 cm³/mol. The van der Waals surface area contributed by atoms with E-state index in [1.807, 2.05) is 24.3 Å². The summed E-state index contributed by atoms with van der Waals surface area (Å²) in [5.41, 5.74) is 1.75. The van der Waals surface area contributed by atoms with E-state index in [4.69, 9.17) is 9.47 Å². The molecule has 2 rings (SSSR count). The molecule has 0 bridgehead atoms. The fourth-order valence-electron chi connectivity index (χ4n) is 2.11. The number of nitrogens with one attached hydrogen (secondary N) is 1. The van der Waals surface area contributed by atoms with Crippen molar-refractivity contribution >= 4 is 11.9 Å². The first-order valence-electron chi connectivity index (χ1n) is 7.87. The summed E-state index contributed by atoms with van der Waals surface area (Å²) in [6.45, 7) is 4.19. The van der Waals surface area contributed by atoms with E-state index in [1.54, 1.807) is 31.2 Å². The molecule has 2 aromatic rings. The molecule has 1 amide bonds. The molecule has 0 aliphatic rings. The minimum Gasteiger partial charge on any atom is -0.457 e. The van der Waals surface area contributed by atoms with Crippen molar-refractivity contribution in [1.29, 1.82) is 0 Å². The van der Waals surface area contributed by atoms with Crippen molar-refractivity contribution in [3.63, 3.8) is 0 Å². The Morgan fingerprint density at radius 1 is 0.958 bits per heavy atom. The zero-order chi connectivity index (χ0) is 17.4. The van der Waals surface area contributed by atoms with Gasteiger partial charge in [-0.25, -0.2) is 4.79 Å². The van der Waals surface area contributed by atoms with Crippen molar-refractivity contribution in [3.8, 4) is 11.5 Å². The van der Waals surface area contributed by atoms with Crippen LogP contribution in [0.4, 0.5) is 4.79 Å². The van der Waals surface area contributed by atoms with Crippen LogP contribution in [0.1, 0.15) is 29.8 Å². The summed E-state index contributed by atoms with van der Waals surface area (Å²) in [5.74, 6) is 1.42. The van der Waals surface area contributed by atoms with Crippen molar-refractivity contribution in [2.24, 2.45) is 0 Å². The topological polar surface area (TPSA) is 64.6 Å². The van der Waals surface area contributed by atoms with Crippen LogP contribution in [0.3, 0.4) is 0 Å². The molecule has 0 saturated carbocycles. The maximum atomic E-state index is 11.2. The highest BCUT2D eigenvalue weighted by Crippen LogP contribution is 2.22. The van der Waals surface area contributed by atoms with Crippen LogP contribution in [-0.4, -0.2) is 25.0 Å². The summed E-state index contributed by atoms with van der Waals surface area (Å²) in [6.07, 6.45) is 0.318. The van der Waals surface area contributed by atoms with Crippen molar-refractivity contribution in [3.05, 3.63) is 59.7 Å². The van der Waals surface area contributed by atoms with Crippen LogP contribution in [0.5, 0.6) is 11.5 Å². The number of ether oxygens (including phenoxy) is 2. The lowest BCUT2D eigenvalue weighted by Gasteiger charge is -2.08. The van der Waals surface area contributed by atoms with E-state index in [0.717, 1.165) is 5.56 Å². The summed E-state index contributed by atoms with van der Waals surface area (Å²) in [4.78, 5) is 22.4. The number of alkyl carbamates (subject to hydrolysis) is 1. The molecule has 0 aliphatic heterocycles. The van der Waals surface area contributed by atoms with Crippen LogP contribution in [0.25, 0.3) is 0 Å². The third kappa shape index (κ3) is 5.43. The number of carbonyl (C=O) groups excluding carboxylic acids is 2. The van der Waals surface area contributed by atoms with Crippen LogP contribution >= 0.6 is 0 Å². The largest absolute Gasteiger partial charge is 0.457 e. The number of Topliss-reactive ketones (excluding diaryl/α,β-unsaturated/α-hetero) is 1. The molecule has 24 heavy (non-hydrogen) atoms. The fourth-order valence-corrected chi connectivity index (χ4v) is 2.11. The van der Waals surface area contributed by atoms with Crippen molar-refractivity contribution < 1.29 is 19.1 Å². The van der Waals surface area contributed by atoms with Gasteiger partial charge in [-0.1, -0.05) is 12.1 Å². The van der Waals surface area contributed by atoms with Gasteiger partial charge in [-0.15, -0.1) is 0 Å². The highest BCUT2D eigenvalue weighted by Gasteiger charge is 2.02. The monoisotopic (exact) mass is 327 g/mol. The Morgan fingerprint density at radius 2 is 1.54 bits per heavy atom. The van der Waals surface area contributed by atoms with Gasteiger partial charge in [0, 0.05) is 12.1 Å². The molecular formula is C19H21NO4. The van der Waals surface area contributed by atoms with Crippen molar-refractivity contribution in [2.75, 3.05) is 13.2 Å². The first-order chi connectivity index (χ1) is 11.6. The Morgan fingerprint density at radius 3 is 2.08 bits per heavy atom. The highest BCUT2D eigenvalue weighted by atomic mass is 16.5. The molecule has 5 heteroatoms. The lowest BCUT2D eigenvalue weighted by atomic mass is 10.1. The fraction of sp³-hybridized carbons (Fsp3) is 0.263. The summed E-state index contributed by atoms with van der Waals surface area (Å²) in [7, 11) is 0. The molecule has 0 radical (unpaired) electrons. The molecule has 1 N–H and O–H groups in total. The van der Waals surface area contributed by atoms with Gasteiger partial charge in [-0.2, -0.15) is 0 Å². The van der Waals surface area contributed by atoms with Crippen LogP contribution in [0, 0.1) is 0 Å². The van der Waals surface area contributed by atoms with Gasteiger partial charge in [0.2, 0.25) is 0 Å². The molecule has 0 unspecified atom stereocenters. The normalized spacial score (nSPS) is 10.1. The second kappa shape index (κ2) is 8.72. The predicted octanol–water partition coefficient (Wildman–Crippen LogP) is 3.97. The van der Waals surface area contributed by atoms with E-state index in [-0.39, 0.29) is 5.78 Å². The van der Waals surface area contributed by atoms with E-state index >= 15 is 0 Å². The van der Waals surface area contributed by atoms with Gasteiger partial charge in [0.1, 0.15) is 11.5 Å². The molecule has 0 heterocycles. The maximum absolute atomic E-state index is 11.2. The lowest BCUT2D eigenvalue weighted by Crippen LogP contribution is -2.26. The molecule has 2 aromatic carbocycles. The van der Waals surface area contributed by atoms with Crippen LogP contribution in [0.2, 0.25) is 0 Å². The zero-order valence-electron chi connectivity index (χ0n) is 13.9. The Labute approximate surface area is 141 Å². The summed E-state index contributed by atoms with van der Waals surface area (Å²) in [5, 5.41) is 2.68. The number of ketones is 1. The minimum absolute atomic E-state index is 0.0299. The third-order valence-corrected chi connectivity index (χ3v) is 3.38. The molecule has 0 atom stereocenters. The molecular weight excluding hydrogens is 306 g/mol. The van der Waals surface area contributed by atoms with Crippen LogP contribution in [0.15, 0.2) is 48.5 Å². The number of amides is 1. The van der Waals surface area contributed by atoms with Gasteiger partial charge >= 0.3 is 6.09 Å². The number of rotatable bonds is 7. The Balaban J connectivity index is 1.85. The Bertz CT molecular complexity index is 678. The van der Waals surface area contributed by atoms with E-state index in [1.165, 1.54) is 6.92 Å². The average molecular weight is 327 g/mol. The number of hydrogen-bond acceptors (Lipinski definition) is 4. The van der Waals surface area contributed by atoms with Gasteiger partial charge < -0.3 is 14.8 Å². The quantitative estimate of drug-likeness (QED) is 0.782. The first-order valence-corrected chi connectivity index (χ1v) is 7.87. The lowest BCUT2D eigenvalue weighted by molar-refractivity contribution is 0.101. The van der Waals surface area contributed by atoms with E-state index < -0.39 is 6.09 Å². The third-order valence-electron chi connectivity index (χ3n) is 3.38. The van der Waals surface area contributed by atoms with Gasteiger partial charge in [-0.05, 0) is 62.2 Å². The average Bonchev–Trinajstić information content (AvgIpc) is 2.57. The highest BCUT2D eigenvalue weighted by molar-refractivity contribution is 5.94. The standard InChI is InChI=1S/C19H21NO4/c1-3-23-19(22)20-13-12-15-4-8-17(9-5-15)24-18-10-6-16(7-11-18)14(2)21/h4-11H,3,12-13H2,1-2H3,(H,20,22). The maximum Gasteiger partial charge on any atom is 0.407 e. The molecule has 5 nitrogen and oxygen atoms in total. The molecule has 0 aliphatic carbocycles. The van der Waals surface area contributed by atoms with E-state index in [0.29, 0.717) is 36.6 Å². The van der Waals surface area contributed by atoms with Gasteiger partial charge in [0.05, 0.1) is 6.61 Å². The minimum atomic E-state index is -0.397. The molecule has 126 valence electrons. The van der Waals surface area contributed by atoms with Crippen LogP contribution < -0.4 is 10.1 Å². The molecule has 0 saturated heterocycles. The number of benzene rings is 2. The second-order valence-electron chi connectivity index (χ2n) is 5.22. The molecule has 0 aromatic heterocycles. The van der Waals surface area contributed by atoms with Crippen molar-refractivity contribution in [1.82, 2.24) is 5.32 Å². The SMILES string of the molecule is CCOC(=O)NCCc1ccc(Oc2ccc(C(C)=O)cc2)cc1. The number of hydrogen-bond donors (Lipinski definition) is 1. The Kier molecular flexibility index (Phi) is 6.37. The zero-order valence-corrected chi connectivity index (χ0v) is 13.9. The Hall–Kier alpha value is -2.82. The van der Waals surface area contributed by atoms with E-state index in [2.05, 4.69) is 5.32 Å². The summed E-state index contributed by atoms with van der Waals surface area (Å²) in [6, 6.07) is 14.7. The van der Waals surface area contributed by atoms with Gasteiger partial charge in [-0.3, -0.25) is 4.79 Å². The first kappa shape index (κ1) is 17.5. The summed E-state index contributed by atoms with van der Waals surface area (Å²) < 4.78 is 10.5. The number of carbonyl (C=O) groups is 2. The van der Waals surface area contributed by atoms with Gasteiger partial charge in [0.15, 0.2) is 5.78 Å². The smallest absolute Gasteiger partial charge is 0.407 e. The molecule has 0 spiro atoms. The second-order valence-corrected chi connectivity index (χ2v) is 5.22.